The van der Waals surface area contributed by atoms with Crippen molar-refractivity contribution >= 4 is 24.8 Å². The Morgan fingerprint density at radius 3 is 2.04 bits per heavy atom. The smallest absolute Gasteiger partial charge is 0.408 e. The molecule has 1 heterocycles. The zero-order valence-corrected chi connectivity index (χ0v) is 17.1. The van der Waals surface area contributed by atoms with Gasteiger partial charge in [0.1, 0.15) is 0 Å². The number of rotatable bonds is 5. The minimum absolute atomic E-state index is 0.119. The molecule has 142 valence electrons. The van der Waals surface area contributed by atoms with Crippen molar-refractivity contribution in [2.24, 2.45) is 0 Å². The monoisotopic (exact) mass is 381 g/mol. The Bertz CT molecular complexity index is 760. The first-order chi connectivity index (χ1) is 12.9. The van der Waals surface area contributed by atoms with Crippen LogP contribution in [0, 0.1) is 0 Å². The normalized spacial score (nSPS) is 17.3. The van der Waals surface area contributed by atoms with Gasteiger partial charge in [0.05, 0.1) is 12.6 Å². The van der Waals surface area contributed by atoms with E-state index in [2.05, 4.69) is 45.0 Å². The van der Waals surface area contributed by atoms with Crippen molar-refractivity contribution in [3.63, 3.8) is 0 Å². The molecule has 1 amide bonds. The van der Waals surface area contributed by atoms with E-state index in [1.807, 2.05) is 48.6 Å². The maximum Gasteiger partial charge on any atom is 0.408 e. The van der Waals surface area contributed by atoms with Crippen molar-refractivity contribution in [3.8, 4) is 0 Å². The van der Waals surface area contributed by atoms with E-state index in [-0.39, 0.29) is 11.1 Å². The number of carboxylic acid groups (broad SMARTS) is 1. The Kier molecular flexibility index (Phi) is 5.53. The highest BCUT2D eigenvalue weighted by Crippen LogP contribution is 2.37. The fourth-order valence-corrected chi connectivity index (χ4v) is 8.48. The number of amides is 1. The average molecular weight is 382 g/mol. The molecule has 3 rings (SSSR count). The Hall–Kier alpha value is -2.37. The maximum absolute atomic E-state index is 11.5. The third-order valence-corrected chi connectivity index (χ3v) is 10.2. The highest BCUT2D eigenvalue weighted by atomic mass is 28.4. The van der Waals surface area contributed by atoms with Crippen molar-refractivity contribution in [2.45, 2.75) is 31.9 Å². The van der Waals surface area contributed by atoms with Crippen LogP contribution in [0.4, 0.5) is 4.79 Å². The number of hydrogen-bond donors (Lipinski definition) is 1. The van der Waals surface area contributed by atoms with Gasteiger partial charge < -0.3 is 9.53 Å². The second-order valence-corrected chi connectivity index (χ2v) is 12.2. The molecule has 5 heteroatoms. The predicted octanol–water partition coefficient (Wildman–Crippen LogP) is 3.48. The third kappa shape index (κ3) is 3.70. The Morgan fingerprint density at radius 2 is 1.59 bits per heavy atom. The summed E-state index contributed by atoms with van der Waals surface area (Å²) < 4.78 is 6.81. The molecule has 1 N–H and O–H groups in total. The van der Waals surface area contributed by atoms with Crippen LogP contribution in [0.1, 0.15) is 20.8 Å². The van der Waals surface area contributed by atoms with E-state index >= 15 is 0 Å². The summed E-state index contributed by atoms with van der Waals surface area (Å²) in [7, 11) is -2.63. The van der Waals surface area contributed by atoms with E-state index in [9.17, 15) is 9.90 Å². The highest BCUT2D eigenvalue weighted by Gasteiger charge is 2.50. The van der Waals surface area contributed by atoms with Crippen LogP contribution in [-0.4, -0.2) is 43.6 Å². The molecule has 0 spiro atoms. The Labute approximate surface area is 162 Å². The number of benzene rings is 2. The van der Waals surface area contributed by atoms with E-state index < -0.39 is 14.4 Å². The second kappa shape index (κ2) is 7.70. The van der Waals surface area contributed by atoms with Gasteiger partial charge in [-0.05, 0) is 15.4 Å². The molecule has 27 heavy (non-hydrogen) atoms. The lowest BCUT2D eigenvalue weighted by Gasteiger charge is -2.43. The van der Waals surface area contributed by atoms with Crippen LogP contribution in [0.5, 0.6) is 0 Å². The molecular formula is C22H27NO3Si. The molecular weight excluding hydrogens is 354 g/mol. The molecule has 1 aliphatic heterocycles. The van der Waals surface area contributed by atoms with Gasteiger partial charge in [-0.2, -0.15) is 0 Å². The van der Waals surface area contributed by atoms with Crippen molar-refractivity contribution in [3.05, 3.63) is 72.8 Å². The molecule has 0 aliphatic carbocycles. The summed E-state index contributed by atoms with van der Waals surface area (Å²) in [6.07, 6.45) is 2.93. The van der Waals surface area contributed by atoms with E-state index in [0.29, 0.717) is 13.2 Å². The number of hydrogen-bond acceptors (Lipinski definition) is 2. The second-order valence-electron chi connectivity index (χ2n) is 7.90. The van der Waals surface area contributed by atoms with Crippen molar-refractivity contribution in [1.29, 1.82) is 0 Å². The Balaban J connectivity index is 2.04. The minimum atomic E-state index is -2.63. The summed E-state index contributed by atoms with van der Waals surface area (Å²) in [5.41, 5.74) is 0. The van der Waals surface area contributed by atoms with Crippen LogP contribution in [0.15, 0.2) is 72.8 Å². The maximum atomic E-state index is 11.5. The predicted molar refractivity (Wildman–Crippen MR) is 111 cm³/mol. The summed E-state index contributed by atoms with van der Waals surface area (Å²) in [5.74, 6) is 0. The molecule has 0 fully saturated rings. The van der Waals surface area contributed by atoms with Gasteiger partial charge in [-0.15, -0.1) is 0 Å². The SMILES string of the molecule is CC(C)(C)[Si](OC[C@H]1C=CCN1C(=O)O)(c1ccccc1)c1ccccc1. The van der Waals surface area contributed by atoms with Crippen molar-refractivity contribution in [1.82, 2.24) is 4.90 Å². The summed E-state index contributed by atoms with van der Waals surface area (Å²) in [6.45, 7) is 7.44. The van der Waals surface area contributed by atoms with E-state index in [1.165, 1.54) is 15.3 Å². The lowest BCUT2D eigenvalue weighted by atomic mass is 10.2. The van der Waals surface area contributed by atoms with Crippen LogP contribution in [0.3, 0.4) is 0 Å². The van der Waals surface area contributed by atoms with Crippen LogP contribution < -0.4 is 10.4 Å². The van der Waals surface area contributed by atoms with Gasteiger partial charge in [0.2, 0.25) is 0 Å². The van der Waals surface area contributed by atoms with Gasteiger partial charge in [0.25, 0.3) is 8.32 Å². The first-order valence-electron chi connectivity index (χ1n) is 9.27. The minimum Gasteiger partial charge on any atom is -0.465 e. The molecule has 4 nitrogen and oxygen atoms in total. The summed E-state index contributed by atoms with van der Waals surface area (Å²) >= 11 is 0. The molecule has 2 aromatic carbocycles. The fraction of sp³-hybridized carbons (Fsp3) is 0.318. The van der Waals surface area contributed by atoms with Gasteiger partial charge in [-0.25, -0.2) is 4.79 Å². The zero-order chi connectivity index (χ0) is 19.5. The van der Waals surface area contributed by atoms with E-state index in [0.717, 1.165) is 0 Å². The first-order valence-corrected chi connectivity index (χ1v) is 11.2. The van der Waals surface area contributed by atoms with Crippen molar-refractivity contribution < 1.29 is 14.3 Å². The van der Waals surface area contributed by atoms with Gasteiger partial charge >= 0.3 is 6.09 Å². The zero-order valence-electron chi connectivity index (χ0n) is 16.1. The average Bonchev–Trinajstić information content (AvgIpc) is 3.12. The highest BCUT2D eigenvalue weighted by molar-refractivity contribution is 6.99. The van der Waals surface area contributed by atoms with Crippen LogP contribution in [0.2, 0.25) is 5.04 Å². The topological polar surface area (TPSA) is 49.8 Å². The number of carbonyl (C=O) groups is 1. The number of nitrogens with zero attached hydrogens (tertiary/aromatic N) is 1. The largest absolute Gasteiger partial charge is 0.465 e. The standard InChI is InChI=1S/C22H27NO3Si/c1-22(2,3)27(19-12-6-4-7-13-19,20-14-8-5-9-15-20)26-17-18-11-10-16-23(18)21(24)25/h4-15,18H,16-17H2,1-3H3,(H,24,25)/t18-/m1/s1. The van der Waals surface area contributed by atoms with Crippen LogP contribution >= 0.6 is 0 Å². The Morgan fingerprint density at radius 1 is 1.07 bits per heavy atom. The lowest BCUT2D eigenvalue weighted by molar-refractivity contribution is 0.127. The molecule has 1 atom stereocenters. The quantitative estimate of drug-likeness (QED) is 0.637. The third-order valence-electron chi connectivity index (χ3n) is 5.19. The van der Waals surface area contributed by atoms with Gasteiger partial charge in [0.15, 0.2) is 0 Å². The van der Waals surface area contributed by atoms with Gasteiger partial charge in [0, 0.05) is 6.54 Å². The van der Waals surface area contributed by atoms with Crippen LogP contribution in [-0.2, 0) is 4.43 Å². The van der Waals surface area contributed by atoms with Crippen LogP contribution in [0.25, 0.3) is 0 Å². The van der Waals surface area contributed by atoms with E-state index in [1.54, 1.807) is 0 Å². The molecule has 2 aromatic rings. The summed E-state index contributed by atoms with van der Waals surface area (Å²) in [5, 5.41) is 11.7. The first kappa shape index (κ1) is 19.4. The molecule has 0 saturated carbocycles. The van der Waals surface area contributed by atoms with Gasteiger partial charge in [-0.1, -0.05) is 93.6 Å². The lowest BCUT2D eigenvalue weighted by Crippen LogP contribution is -2.67. The van der Waals surface area contributed by atoms with Crippen molar-refractivity contribution in [2.75, 3.05) is 13.2 Å². The molecule has 0 radical (unpaired) electrons. The fourth-order valence-electron chi connectivity index (χ4n) is 3.91. The summed E-state index contributed by atoms with van der Waals surface area (Å²) in [6, 6.07) is 20.6. The summed E-state index contributed by atoms with van der Waals surface area (Å²) in [4.78, 5) is 12.9. The molecule has 0 aromatic heterocycles. The molecule has 0 bridgehead atoms. The molecule has 0 unspecified atom stereocenters. The molecule has 0 saturated heterocycles. The molecule has 1 aliphatic rings. The van der Waals surface area contributed by atoms with E-state index in [4.69, 9.17) is 4.43 Å². The van der Waals surface area contributed by atoms with Gasteiger partial charge in [-0.3, -0.25) is 4.90 Å².